The van der Waals surface area contributed by atoms with Crippen LogP contribution < -0.4 is 0 Å². The quantitative estimate of drug-likeness (QED) is 0.296. The van der Waals surface area contributed by atoms with Crippen molar-refractivity contribution in [1.82, 2.24) is 0 Å². The minimum Gasteiger partial charge on any atom is -0.469 e. The molecule has 4 N–H and O–H groups in total. The van der Waals surface area contributed by atoms with E-state index in [4.69, 9.17) is 14.6 Å². The van der Waals surface area contributed by atoms with Crippen LogP contribution in [0.1, 0.15) is 44.9 Å². The molecule has 0 bridgehead atoms. The minimum absolute atomic E-state index is 0.178. The number of hydrogen-bond donors (Lipinski definition) is 4. The monoisotopic (exact) mass is 350 g/mol. The Hall–Kier alpha value is -0.770. The number of carbonyl (C=O) groups excluding carboxylic acids is 1. The molecule has 142 valence electrons. The zero-order valence-corrected chi connectivity index (χ0v) is 14.2. The van der Waals surface area contributed by atoms with Gasteiger partial charge in [-0.2, -0.15) is 0 Å². The molecular weight excluding hydrogens is 320 g/mol. The molecule has 8 nitrogen and oxygen atoms in total. The van der Waals surface area contributed by atoms with E-state index in [0.29, 0.717) is 13.0 Å². The van der Waals surface area contributed by atoms with Gasteiger partial charge in [0.05, 0.1) is 13.7 Å². The summed E-state index contributed by atoms with van der Waals surface area (Å²) >= 11 is 0. The summed E-state index contributed by atoms with van der Waals surface area (Å²) in [7, 11) is 1.39. The molecule has 5 atom stereocenters. The fourth-order valence-electron chi connectivity index (χ4n) is 2.59. The predicted octanol–water partition coefficient (Wildman–Crippen LogP) is -0.293. The minimum atomic E-state index is -1.41. The van der Waals surface area contributed by atoms with Gasteiger partial charge in [-0.1, -0.05) is 25.7 Å². The number of rotatable bonds is 11. The van der Waals surface area contributed by atoms with Crippen molar-refractivity contribution in [3.8, 4) is 0 Å². The molecule has 0 radical (unpaired) electrons. The van der Waals surface area contributed by atoms with E-state index in [0.717, 1.165) is 38.5 Å². The number of carbonyl (C=O) groups is 1. The van der Waals surface area contributed by atoms with Gasteiger partial charge >= 0.3 is 5.97 Å². The molecule has 1 aliphatic heterocycles. The first-order chi connectivity index (χ1) is 11.5. The molecule has 0 saturated carbocycles. The molecule has 0 amide bonds. The summed E-state index contributed by atoms with van der Waals surface area (Å²) in [4.78, 5) is 10.9. The third-order valence-corrected chi connectivity index (χ3v) is 4.13. The number of esters is 1. The summed E-state index contributed by atoms with van der Waals surface area (Å²) in [6.07, 6.45) is -0.110. The Kier molecular flexibility index (Phi) is 10.4. The van der Waals surface area contributed by atoms with E-state index >= 15 is 0 Å². The average Bonchev–Trinajstić information content (AvgIpc) is 2.59. The van der Waals surface area contributed by atoms with E-state index < -0.39 is 37.3 Å². The molecule has 24 heavy (non-hydrogen) atoms. The molecule has 8 heteroatoms. The molecule has 0 aromatic heterocycles. The zero-order chi connectivity index (χ0) is 17.9. The lowest BCUT2D eigenvalue weighted by atomic mass is 9.99. The number of ether oxygens (including phenoxy) is 3. The van der Waals surface area contributed by atoms with Crippen LogP contribution in [0.3, 0.4) is 0 Å². The van der Waals surface area contributed by atoms with Crippen molar-refractivity contribution >= 4 is 5.97 Å². The Balaban J connectivity index is 2.07. The summed E-state index contributed by atoms with van der Waals surface area (Å²) in [6.45, 7) is -0.110. The van der Waals surface area contributed by atoms with Gasteiger partial charge in [-0.3, -0.25) is 4.79 Å². The van der Waals surface area contributed by atoms with Crippen LogP contribution in [0.2, 0.25) is 0 Å². The Morgan fingerprint density at radius 1 is 0.958 bits per heavy atom. The van der Waals surface area contributed by atoms with Crippen LogP contribution in [0, 0.1) is 0 Å². The van der Waals surface area contributed by atoms with Crippen molar-refractivity contribution in [1.29, 1.82) is 0 Å². The second-order valence-corrected chi connectivity index (χ2v) is 6.02. The van der Waals surface area contributed by atoms with E-state index in [1.807, 2.05) is 0 Å². The standard InChI is InChI=1S/C16H30O8/c1-22-12(18)8-6-4-2-3-5-7-9-23-16-15(21)14(20)13(19)11(10-17)24-16/h11,13-17,19-21H,2-10H2,1H3/t11-,13-,14+,15+,16-/m1/s1. The van der Waals surface area contributed by atoms with Gasteiger partial charge in [-0.05, 0) is 12.8 Å². The third-order valence-electron chi connectivity index (χ3n) is 4.13. The van der Waals surface area contributed by atoms with E-state index in [-0.39, 0.29) is 5.97 Å². The molecule has 1 saturated heterocycles. The first-order valence-electron chi connectivity index (χ1n) is 8.50. The van der Waals surface area contributed by atoms with Crippen molar-refractivity contribution in [2.45, 2.75) is 75.7 Å². The van der Waals surface area contributed by atoms with Gasteiger partial charge in [0.1, 0.15) is 24.4 Å². The first-order valence-corrected chi connectivity index (χ1v) is 8.50. The highest BCUT2D eigenvalue weighted by Crippen LogP contribution is 2.22. The summed E-state index contributed by atoms with van der Waals surface area (Å²) in [6, 6.07) is 0. The number of hydrogen-bond acceptors (Lipinski definition) is 8. The summed E-state index contributed by atoms with van der Waals surface area (Å²) in [5, 5.41) is 38.2. The Morgan fingerprint density at radius 2 is 1.58 bits per heavy atom. The van der Waals surface area contributed by atoms with Crippen molar-refractivity contribution in [3.63, 3.8) is 0 Å². The van der Waals surface area contributed by atoms with Crippen LogP contribution in [-0.4, -0.2) is 77.4 Å². The Bertz CT molecular complexity index is 349. The molecule has 0 unspecified atom stereocenters. The normalized spacial score (nSPS) is 30.3. The fraction of sp³-hybridized carbons (Fsp3) is 0.938. The zero-order valence-electron chi connectivity index (χ0n) is 14.2. The second-order valence-electron chi connectivity index (χ2n) is 6.02. The fourth-order valence-corrected chi connectivity index (χ4v) is 2.59. The maximum Gasteiger partial charge on any atom is 0.305 e. The number of aliphatic hydroxyl groups is 4. The molecule has 0 aliphatic carbocycles. The van der Waals surface area contributed by atoms with Crippen LogP contribution in [0.15, 0.2) is 0 Å². The molecular formula is C16H30O8. The molecule has 0 aromatic rings. The molecule has 0 spiro atoms. The lowest BCUT2D eigenvalue weighted by molar-refractivity contribution is -0.301. The molecule has 1 heterocycles. The summed E-state index contributed by atoms with van der Waals surface area (Å²) < 4.78 is 15.2. The SMILES string of the molecule is COC(=O)CCCCCCCCO[C@@H]1O[C@H](CO)[C@@H](O)[C@H](O)[C@@H]1O. The summed E-state index contributed by atoms with van der Waals surface area (Å²) in [5.74, 6) is -0.178. The van der Waals surface area contributed by atoms with E-state index in [9.17, 15) is 20.1 Å². The van der Waals surface area contributed by atoms with Crippen LogP contribution in [0.25, 0.3) is 0 Å². The lowest BCUT2D eigenvalue weighted by Gasteiger charge is -2.39. The highest BCUT2D eigenvalue weighted by Gasteiger charge is 2.43. The van der Waals surface area contributed by atoms with Crippen LogP contribution in [0.4, 0.5) is 0 Å². The lowest BCUT2D eigenvalue weighted by Crippen LogP contribution is -2.59. The number of unbranched alkanes of at least 4 members (excludes halogenated alkanes) is 5. The van der Waals surface area contributed by atoms with Crippen molar-refractivity contribution in [2.24, 2.45) is 0 Å². The van der Waals surface area contributed by atoms with Gasteiger partial charge in [-0.15, -0.1) is 0 Å². The molecule has 1 fully saturated rings. The van der Waals surface area contributed by atoms with E-state index in [2.05, 4.69) is 4.74 Å². The number of aliphatic hydroxyl groups excluding tert-OH is 4. The third kappa shape index (κ3) is 7.00. The molecule has 0 aromatic carbocycles. The Morgan fingerprint density at radius 3 is 2.21 bits per heavy atom. The van der Waals surface area contributed by atoms with Gasteiger partial charge in [0, 0.05) is 13.0 Å². The number of methoxy groups -OCH3 is 1. The van der Waals surface area contributed by atoms with Gasteiger partial charge < -0.3 is 34.6 Å². The Labute approximate surface area is 142 Å². The van der Waals surface area contributed by atoms with Crippen molar-refractivity contribution in [3.05, 3.63) is 0 Å². The molecule has 1 aliphatic rings. The predicted molar refractivity (Wildman–Crippen MR) is 84.1 cm³/mol. The van der Waals surface area contributed by atoms with Crippen LogP contribution in [0.5, 0.6) is 0 Å². The first kappa shape index (κ1) is 21.3. The van der Waals surface area contributed by atoms with Gasteiger partial charge in [-0.25, -0.2) is 0 Å². The van der Waals surface area contributed by atoms with E-state index in [1.54, 1.807) is 0 Å². The maximum absolute atomic E-state index is 10.9. The molecule has 1 rings (SSSR count). The highest BCUT2D eigenvalue weighted by atomic mass is 16.7. The van der Waals surface area contributed by atoms with Gasteiger partial charge in [0.2, 0.25) is 0 Å². The van der Waals surface area contributed by atoms with Gasteiger partial charge in [0.25, 0.3) is 0 Å². The smallest absolute Gasteiger partial charge is 0.305 e. The maximum atomic E-state index is 10.9. The van der Waals surface area contributed by atoms with Crippen LogP contribution in [-0.2, 0) is 19.0 Å². The van der Waals surface area contributed by atoms with Gasteiger partial charge in [0.15, 0.2) is 6.29 Å². The topological polar surface area (TPSA) is 126 Å². The van der Waals surface area contributed by atoms with Crippen molar-refractivity contribution in [2.75, 3.05) is 20.3 Å². The van der Waals surface area contributed by atoms with E-state index in [1.165, 1.54) is 7.11 Å². The summed E-state index contributed by atoms with van der Waals surface area (Å²) in [5.41, 5.74) is 0. The van der Waals surface area contributed by atoms with Crippen LogP contribution >= 0.6 is 0 Å². The highest BCUT2D eigenvalue weighted by molar-refractivity contribution is 5.68. The van der Waals surface area contributed by atoms with Crippen molar-refractivity contribution < 1.29 is 39.4 Å². The second kappa shape index (κ2) is 11.7. The average molecular weight is 350 g/mol. The largest absolute Gasteiger partial charge is 0.469 e.